The molecule has 0 bridgehead atoms. The van der Waals surface area contributed by atoms with Crippen LogP contribution in [0.2, 0.25) is 0 Å². The van der Waals surface area contributed by atoms with E-state index in [1.54, 1.807) is 6.26 Å². The second-order valence-electron chi connectivity index (χ2n) is 6.08. The van der Waals surface area contributed by atoms with Crippen molar-refractivity contribution in [1.29, 1.82) is 0 Å². The van der Waals surface area contributed by atoms with Crippen molar-refractivity contribution < 1.29 is 17.6 Å². The molecule has 1 aromatic rings. The van der Waals surface area contributed by atoms with Gasteiger partial charge in [-0.25, -0.2) is 0 Å². The van der Waals surface area contributed by atoms with E-state index in [0.717, 1.165) is 37.9 Å². The Labute approximate surface area is 122 Å². The monoisotopic (exact) mass is 302 g/mol. The van der Waals surface area contributed by atoms with Gasteiger partial charge in [0.15, 0.2) is 0 Å². The Bertz CT molecular complexity index is 464. The van der Waals surface area contributed by atoms with Crippen molar-refractivity contribution in [2.45, 2.75) is 50.4 Å². The maximum absolute atomic E-state index is 12.4. The van der Waals surface area contributed by atoms with E-state index in [9.17, 15) is 13.2 Å². The number of nitrogens with zero attached hydrogens (tertiary/aromatic N) is 1. The summed E-state index contributed by atoms with van der Waals surface area (Å²) in [6.07, 6.45) is 2.37. The summed E-state index contributed by atoms with van der Waals surface area (Å²) in [5.74, 6) is 1.06. The minimum atomic E-state index is -4.09. The summed E-state index contributed by atoms with van der Waals surface area (Å²) in [6.45, 7) is 0.249. The van der Waals surface area contributed by atoms with Gasteiger partial charge >= 0.3 is 6.18 Å². The van der Waals surface area contributed by atoms with Gasteiger partial charge in [0.1, 0.15) is 5.76 Å². The third kappa shape index (κ3) is 3.80. The molecule has 0 aromatic carbocycles. The quantitative estimate of drug-likeness (QED) is 0.929. The van der Waals surface area contributed by atoms with E-state index < -0.39 is 12.7 Å². The van der Waals surface area contributed by atoms with Crippen molar-refractivity contribution in [3.8, 4) is 0 Å². The highest BCUT2D eigenvalue weighted by atomic mass is 19.4. The zero-order valence-electron chi connectivity index (χ0n) is 12.0. The number of hydrogen-bond donors (Lipinski definition) is 1. The van der Waals surface area contributed by atoms with Gasteiger partial charge in [-0.15, -0.1) is 0 Å². The molecule has 118 valence electrons. The van der Waals surface area contributed by atoms with Gasteiger partial charge in [0, 0.05) is 24.1 Å². The maximum atomic E-state index is 12.4. The molecule has 6 heteroatoms. The van der Waals surface area contributed by atoms with Crippen LogP contribution in [-0.4, -0.2) is 36.8 Å². The van der Waals surface area contributed by atoms with Crippen molar-refractivity contribution in [2.24, 2.45) is 0 Å². The van der Waals surface area contributed by atoms with Crippen LogP contribution in [0.25, 0.3) is 0 Å². The van der Waals surface area contributed by atoms with Crippen LogP contribution >= 0.6 is 0 Å². The van der Waals surface area contributed by atoms with E-state index in [1.165, 1.54) is 10.5 Å². The zero-order valence-corrected chi connectivity index (χ0v) is 12.0. The number of fused-ring (bicyclic) bond motifs is 1. The molecule has 0 radical (unpaired) electrons. The third-order valence-corrected chi connectivity index (χ3v) is 4.48. The summed E-state index contributed by atoms with van der Waals surface area (Å²) >= 11 is 0. The van der Waals surface area contributed by atoms with E-state index in [2.05, 4.69) is 5.32 Å². The van der Waals surface area contributed by atoms with E-state index >= 15 is 0 Å². The molecule has 21 heavy (non-hydrogen) atoms. The highest BCUT2D eigenvalue weighted by Gasteiger charge is 2.33. The predicted molar refractivity (Wildman–Crippen MR) is 73.0 cm³/mol. The lowest BCUT2D eigenvalue weighted by Crippen LogP contribution is -2.46. The Morgan fingerprint density at radius 2 is 2.00 bits per heavy atom. The lowest BCUT2D eigenvalue weighted by molar-refractivity contribution is -0.148. The fourth-order valence-corrected chi connectivity index (χ4v) is 3.46. The summed E-state index contributed by atoms with van der Waals surface area (Å²) < 4.78 is 42.6. The van der Waals surface area contributed by atoms with Crippen molar-refractivity contribution >= 4 is 0 Å². The third-order valence-electron chi connectivity index (χ3n) is 4.48. The van der Waals surface area contributed by atoms with Crippen LogP contribution in [0.5, 0.6) is 0 Å². The van der Waals surface area contributed by atoms with Gasteiger partial charge in [-0.3, -0.25) is 4.90 Å². The highest BCUT2D eigenvalue weighted by Crippen LogP contribution is 2.31. The van der Waals surface area contributed by atoms with E-state index in [-0.39, 0.29) is 0 Å². The standard InChI is InChI=1S/C15H21F3N2O/c16-15(17,18)10-20-7-4-11(5-8-20)19-13-2-1-3-14-12(13)6-9-21-14/h6,9,11,13,19H,1-5,7-8,10H2. The molecule has 3 rings (SSSR count). The van der Waals surface area contributed by atoms with Gasteiger partial charge in [-0.2, -0.15) is 13.2 Å². The Morgan fingerprint density at radius 3 is 2.71 bits per heavy atom. The first-order valence-electron chi connectivity index (χ1n) is 7.63. The molecular formula is C15H21F3N2O. The summed E-state index contributed by atoms with van der Waals surface area (Å²) in [7, 11) is 0. The average molecular weight is 302 g/mol. The van der Waals surface area contributed by atoms with Gasteiger partial charge in [0.2, 0.25) is 0 Å². The van der Waals surface area contributed by atoms with Crippen molar-refractivity contribution in [2.75, 3.05) is 19.6 Å². The number of furan rings is 1. The number of alkyl halides is 3. The molecule has 0 amide bonds. The summed E-state index contributed by atoms with van der Waals surface area (Å²) in [5.41, 5.74) is 1.24. The molecular weight excluding hydrogens is 281 g/mol. The number of likely N-dealkylation sites (tertiary alicyclic amines) is 1. The number of aryl methyl sites for hydroxylation is 1. The second-order valence-corrected chi connectivity index (χ2v) is 6.08. The minimum Gasteiger partial charge on any atom is -0.469 e. The van der Waals surface area contributed by atoms with Crippen LogP contribution in [0, 0.1) is 0 Å². The van der Waals surface area contributed by atoms with Crippen molar-refractivity contribution in [3.63, 3.8) is 0 Å². The molecule has 2 heterocycles. The van der Waals surface area contributed by atoms with Crippen LogP contribution in [-0.2, 0) is 6.42 Å². The lowest BCUT2D eigenvalue weighted by atomic mass is 9.91. The second kappa shape index (κ2) is 6.01. The molecule has 1 saturated heterocycles. The van der Waals surface area contributed by atoms with Gasteiger partial charge in [0.25, 0.3) is 0 Å². The van der Waals surface area contributed by atoms with Crippen LogP contribution in [0.15, 0.2) is 16.7 Å². The lowest BCUT2D eigenvalue weighted by Gasteiger charge is -2.35. The molecule has 0 saturated carbocycles. The highest BCUT2D eigenvalue weighted by molar-refractivity contribution is 5.24. The Morgan fingerprint density at radius 1 is 1.24 bits per heavy atom. The largest absolute Gasteiger partial charge is 0.469 e. The van der Waals surface area contributed by atoms with Crippen LogP contribution < -0.4 is 5.32 Å². The maximum Gasteiger partial charge on any atom is 0.401 e. The molecule has 1 N–H and O–H groups in total. The number of nitrogens with one attached hydrogen (secondary N) is 1. The first-order chi connectivity index (χ1) is 10.0. The number of hydrogen-bond acceptors (Lipinski definition) is 3. The Kier molecular flexibility index (Phi) is 4.26. The molecule has 1 aromatic heterocycles. The first kappa shape index (κ1) is 14.9. The molecule has 3 nitrogen and oxygen atoms in total. The van der Waals surface area contributed by atoms with Gasteiger partial charge in [-0.05, 0) is 44.8 Å². The summed E-state index contributed by atoms with van der Waals surface area (Å²) in [5, 5.41) is 3.62. The molecule has 1 unspecified atom stereocenters. The number of piperidine rings is 1. The van der Waals surface area contributed by atoms with E-state index in [0.29, 0.717) is 25.2 Å². The summed E-state index contributed by atoms with van der Waals surface area (Å²) in [4.78, 5) is 1.50. The zero-order chi connectivity index (χ0) is 14.9. The molecule has 1 aliphatic heterocycles. The molecule has 2 aliphatic rings. The van der Waals surface area contributed by atoms with Crippen molar-refractivity contribution in [1.82, 2.24) is 10.2 Å². The van der Waals surface area contributed by atoms with Crippen LogP contribution in [0.3, 0.4) is 0 Å². The Hall–Kier alpha value is -1.01. The topological polar surface area (TPSA) is 28.4 Å². The molecule has 1 atom stereocenters. The summed E-state index contributed by atoms with van der Waals surface area (Å²) in [6, 6.07) is 2.62. The average Bonchev–Trinajstić information content (AvgIpc) is 2.89. The smallest absolute Gasteiger partial charge is 0.401 e. The van der Waals surface area contributed by atoms with Gasteiger partial charge in [0.05, 0.1) is 12.8 Å². The fraction of sp³-hybridized carbons (Fsp3) is 0.733. The van der Waals surface area contributed by atoms with E-state index in [1.807, 2.05) is 6.07 Å². The van der Waals surface area contributed by atoms with Crippen LogP contribution in [0.4, 0.5) is 13.2 Å². The fourth-order valence-electron chi connectivity index (χ4n) is 3.46. The molecule has 1 aliphatic carbocycles. The number of halogens is 3. The van der Waals surface area contributed by atoms with E-state index in [4.69, 9.17) is 4.42 Å². The SMILES string of the molecule is FC(F)(F)CN1CCC(NC2CCCc3occc32)CC1. The Balaban J connectivity index is 1.51. The van der Waals surface area contributed by atoms with Gasteiger partial charge in [-0.1, -0.05) is 0 Å². The van der Waals surface area contributed by atoms with Gasteiger partial charge < -0.3 is 9.73 Å². The number of rotatable bonds is 3. The predicted octanol–water partition coefficient (Wildman–Crippen LogP) is 3.27. The van der Waals surface area contributed by atoms with Crippen LogP contribution in [0.1, 0.15) is 43.0 Å². The van der Waals surface area contributed by atoms with Crippen molar-refractivity contribution in [3.05, 3.63) is 23.7 Å². The molecule has 0 spiro atoms. The normalized spacial score (nSPS) is 25.0. The first-order valence-corrected chi connectivity index (χ1v) is 7.63. The molecule has 1 fully saturated rings. The minimum absolute atomic E-state index is 0.298.